The second-order valence-electron chi connectivity index (χ2n) is 14.7. The van der Waals surface area contributed by atoms with E-state index in [2.05, 4.69) is 60.9 Å². The van der Waals surface area contributed by atoms with Gasteiger partial charge in [0.05, 0.1) is 32.0 Å². The zero-order valence-electron chi connectivity index (χ0n) is 34.8. The molecule has 5 atom stereocenters. The summed E-state index contributed by atoms with van der Waals surface area (Å²) < 4.78 is 38.4. The Bertz CT molecular complexity index is 1140. The van der Waals surface area contributed by atoms with Gasteiger partial charge in [0.2, 0.25) is 0 Å². The molecule has 0 aromatic carbocycles. The van der Waals surface area contributed by atoms with Crippen LogP contribution in [0.15, 0.2) is 48.6 Å². The number of rotatable bonds is 39. The Morgan fingerprint density at radius 1 is 0.625 bits per heavy atom. The van der Waals surface area contributed by atoms with Gasteiger partial charge in [-0.25, -0.2) is 4.57 Å². The number of epoxide rings is 1. The van der Waals surface area contributed by atoms with E-state index in [-0.39, 0.29) is 31.7 Å². The number of allylic oxidation sites excluding steroid dienone is 6. The summed E-state index contributed by atoms with van der Waals surface area (Å²) >= 11 is 0. The average molecular weight is 813 g/mol. The number of aliphatic hydroxyl groups excluding tert-OH is 2. The van der Waals surface area contributed by atoms with Gasteiger partial charge in [-0.1, -0.05) is 127 Å². The molecule has 0 aromatic heterocycles. The first-order valence-corrected chi connectivity index (χ1v) is 23.2. The molecule has 3 N–H and O–H groups in total. The van der Waals surface area contributed by atoms with Gasteiger partial charge in [-0.2, -0.15) is 0 Å². The molecule has 0 spiro atoms. The first-order chi connectivity index (χ1) is 27.2. The number of phosphoric ester groups is 1. The molecule has 1 heterocycles. The van der Waals surface area contributed by atoms with Crippen LogP contribution in [0.1, 0.15) is 168 Å². The van der Waals surface area contributed by atoms with Crippen LogP contribution in [0.5, 0.6) is 0 Å². The van der Waals surface area contributed by atoms with E-state index in [4.69, 9.17) is 23.8 Å². The Balaban J connectivity index is 2.30. The van der Waals surface area contributed by atoms with Crippen molar-refractivity contribution in [3.63, 3.8) is 0 Å². The highest BCUT2D eigenvalue weighted by Crippen LogP contribution is 2.43. The molecule has 0 aliphatic carbocycles. The zero-order chi connectivity index (χ0) is 41.0. The van der Waals surface area contributed by atoms with E-state index in [0.29, 0.717) is 19.3 Å². The quantitative estimate of drug-likeness (QED) is 0.0178. The normalized spacial score (nSPS) is 17.9. The van der Waals surface area contributed by atoms with Crippen LogP contribution in [0.25, 0.3) is 0 Å². The summed E-state index contributed by atoms with van der Waals surface area (Å²) in [7, 11) is -4.64. The minimum Gasteiger partial charge on any atom is -0.462 e. The summed E-state index contributed by atoms with van der Waals surface area (Å²) in [5, 5.41) is 18.3. The molecule has 12 heteroatoms. The largest absolute Gasteiger partial charge is 0.472 e. The van der Waals surface area contributed by atoms with Crippen LogP contribution >= 0.6 is 7.82 Å². The van der Waals surface area contributed by atoms with Gasteiger partial charge in [0.1, 0.15) is 12.7 Å². The van der Waals surface area contributed by atoms with Crippen molar-refractivity contribution in [1.82, 2.24) is 0 Å². The number of aliphatic hydroxyl groups is 2. The van der Waals surface area contributed by atoms with Gasteiger partial charge in [-0.3, -0.25) is 18.6 Å². The van der Waals surface area contributed by atoms with Crippen LogP contribution in [0.2, 0.25) is 0 Å². The topological polar surface area (TPSA) is 161 Å². The fraction of sp³-hybridized carbons (Fsp3) is 0.773. The van der Waals surface area contributed by atoms with Gasteiger partial charge in [-0.05, 0) is 77.0 Å². The van der Waals surface area contributed by atoms with Crippen molar-refractivity contribution in [2.45, 2.75) is 192 Å². The molecular weight excluding hydrogens is 735 g/mol. The molecule has 0 radical (unpaired) electrons. The highest BCUT2D eigenvalue weighted by atomic mass is 31.2. The minimum absolute atomic E-state index is 0.155. The van der Waals surface area contributed by atoms with Gasteiger partial charge in [0.25, 0.3) is 0 Å². The molecule has 3 unspecified atom stereocenters. The fourth-order valence-corrected chi connectivity index (χ4v) is 6.63. The van der Waals surface area contributed by atoms with Crippen LogP contribution in [-0.2, 0) is 37.4 Å². The maximum Gasteiger partial charge on any atom is 0.472 e. The monoisotopic (exact) mass is 813 g/mol. The van der Waals surface area contributed by atoms with E-state index in [0.717, 1.165) is 51.4 Å². The number of esters is 2. The Morgan fingerprint density at radius 2 is 1.11 bits per heavy atom. The first-order valence-electron chi connectivity index (χ1n) is 21.7. The average Bonchev–Trinajstić information content (AvgIpc) is 3.94. The summed E-state index contributed by atoms with van der Waals surface area (Å²) in [6.45, 7) is 2.25. The molecule has 1 fully saturated rings. The molecule has 0 bridgehead atoms. The molecule has 0 aromatic rings. The van der Waals surface area contributed by atoms with E-state index >= 15 is 0 Å². The summed E-state index contributed by atoms with van der Waals surface area (Å²) in [5.74, 6) is -1.01. The fourth-order valence-electron chi connectivity index (χ4n) is 5.84. The SMILES string of the molecule is CCCCC/C=C\C/C=C\CC1OC1C/C=C\CCCC(=O)OC[C@H](COP(=O)(O)OC[C@@H](O)CO)OC(=O)CCCCCCCCC/C=C\CCCCCC. The number of unbranched alkanes of at least 4 members (excludes halogenated alkanes) is 15. The van der Waals surface area contributed by atoms with Crippen LogP contribution < -0.4 is 0 Å². The molecule has 1 saturated heterocycles. The Morgan fingerprint density at radius 3 is 1.77 bits per heavy atom. The van der Waals surface area contributed by atoms with Crippen molar-refractivity contribution >= 4 is 19.8 Å². The zero-order valence-corrected chi connectivity index (χ0v) is 35.7. The van der Waals surface area contributed by atoms with Gasteiger partial charge >= 0.3 is 19.8 Å². The van der Waals surface area contributed by atoms with Crippen molar-refractivity contribution in [2.75, 3.05) is 26.4 Å². The molecule has 324 valence electrons. The minimum atomic E-state index is -4.64. The smallest absolute Gasteiger partial charge is 0.462 e. The van der Waals surface area contributed by atoms with Crippen LogP contribution in [0.4, 0.5) is 0 Å². The molecule has 0 amide bonds. The van der Waals surface area contributed by atoms with Crippen LogP contribution in [0, 0.1) is 0 Å². The van der Waals surface area contributed by atoms with Crippen molar-refractivity contribution in [3.8, 4) is 0 Å². The van der Waals surface area contributed by atoms with Crippen LogP contribution in [-0.4, -0.2) is 77.9 Å². The van der Waals surface area contributed by atoms with E-state index < -0.39 is 51.8 Å². The Labute approximate surface area is 338 Å². The predicted molar refractivity (Wildman–Crippen MR) is 223 cm³/mol. The van der Waals surface area contributed by atoms with E-state index in [1.165, 1.54) is 70.6 Å². The highest BCUT2D eigenvalue weighted by molar-refractivity contribution is 7.47. The maximum atomic E-state index is 12.6. The molecular formula is C44H77O11P. The summed E-state index contributed by atoms with van der Waals surface area (Å²) in [6.07, 6.45) is 39.6. The van der Waals surface area contributed by atoms with Gasteiger partial charge in [-0.15, -0.1) is 0 Å². The van der Waals surface area contributed by atoms with E-state index in [1.54, 1.807) is 0 Å². The van der Waals surface area contributed by atoms with E-state index in [1.807, 2.05) is 6.08 Å². The van der Waals surface area contributed by atoms with Crippen molar-refractivity contribution in [1.29, 1.82) is 0 Å². The number of hydrogen-bond acceptors (Lipinski definition) is 10. The highest BCUT2D eigenvalue weighted by Gasteiger charge is 2.36. The van der Waals surface area contributed by atoms with Crippen LogP contribution in [0.3, 0.4) is 0 Å². The molecule has 1 rings (SSSR count). The third kappa shape index (κ3) is 32.9. The molecule has 0 saturated carbocycles. The lowest BCUT2D eigenvalue weighted by atomic mass is 10.1. The summed E-state index contributed by atoms with van der Waals surface area (Å²) in [4.78, 5) is 35.0. The Hall–Kier alpha value is -2.11. The lowest BCUT2D eigenvalue weighted by Crippen LogP contribution is -2.29. The van der Waals surface area contributed by atoms with Gasteiger partial charge < -0.3 is 29.3 Å². The molecule has 11 nitrogen and oxygen atoms in total. The number of ether oxygens (including phenoxy) is 3. The number of phosphoric acid groups is 1. The van der Waals surface area contributed by atoms with E-state index in [9.17, 15) is 24.2 Å². The third-order valence-corrected chi connectivity index (χ3v) is 10.3. The second-order valence-corrected chi connectivity index (χ2v) is 16.2. The van der Waals surface area contributed by atoms with Gasteiger partial charge in [0.15, 0.2) is 6.10 Å². The standard InChI is InChI=1S/C44H77O11P/c1-3-5-7-9-11-13-14-15-16-17-18-20-22-24-30-34-44(48)54-40(38-53-56(49,50)52-36-39(46)35-45)37-51-43(47)33-29-26-25-28-32-42-41(55-42)31-27-23-21-19-12-10-8-6-4-2/h12-14,19,23,25,27-28,39-42,45-46H,3-11,15-18,20-22,24,26,29-38H2,1-2H3,(H,49,50)/b14-13-,19-12-,27-23-,28-25-/t39-,40+,41?,42?/m0/s1. The third-order valence-electron chi connectivity index (χ3n) is 9.36. The lowest BCUT2D eigenvalue weighted by Gasteiger charge is -2.20. The maximum absolute atomic E-state index is 12.6. The molecule has 56 heavy (non-hydrogen) atoms. The lowest BCUT2D eigenvalue weighted by molar-refractivity contribution is -0.161. The van der Waals surface area contributed by atoms with Crippen molar-refractivity contribution < 1.29 is 52.5 Å². The van der Waals surface area contributed by atoms with Crippen molar-refractivity contribution in [2.24, 2.45) is 0 Å². The second kappa shape index (κ2) is 36.0. The predicted octanol–water partition coefficient (Wildman–Crippen LogP) is 10.3. The Kier molecular flexibility index (Phi) is 33.4. The number of carbonyl (C=O) groups is 2. The molecule has 1 aliphatic rings. The first kappa shape index (κ1) is 51.9. The van der Waals surface area contributed by atoms with Crippen molar-refractivity contribution in [3.05, 3.63) is 48.6 Å². The molecule has 1 aliphatic heterocycles. The summed E-state index contributed by atoms with van der Waals surface area (Å²) in [5.41, 5.74) is 0. The number of hydrogen-bond donors (Lipinski definition) is 3. The number of carbonyl (C=O) groups excluding carboxylic acids is 2. The summed E-state index contributed by atoms with van der Waals surface area (Å²) in [6, 6.07) is 0. The van der Waals surface area contributed by atoms with Gasteiger partial charge in [0, 0.05) is 12.8 Å².